The fourth-order valence-corrected chi connectivity index (χ4v) is 3.02. The second-order valence-corrected chi connectivity index (χ2v) is 5.73. The summed E-state index contributed by atoms with van der Waals surface area (Å²) < 4.78 is 0. The van der Waals surface area contributed by atoms with Crippen molar-refractivity contribution < 1.29 is 9.59 Å². The molecule has 1 heterocycles. The van der Waals surface area contributed by atoms with Crippen LogP contribution in [0.4, 0.5) is 11.4 Å². The molecule has 1 aliphatic heterocycles. The molecule has 0 atom stereocenters. The van der Waals surface area contributed by atoms with Gasteiger partial charge in [0.2, 0.25) is 5.91 Å². The lowest BCUT2D eigenvalue weighted by Gasteiger charge is -2.15. The van der Waals surface area contributed by atoms with Crippen LogP contribution >= 0.6 is 0 Å². The number of rotatable bonds is 3. The van der Waals surface area contributed by atoms with Gasteiger partial charge in [0.05, 0.1) is 0 Å². The molecule has 1 aliphatic rings. The predicted octanol–water partition coefficient (Wildman–Crippen LogP) is 3.41. The topological polar surface area (TPSA) is 49.4 Å². The van der Waals surface area contributed by atoms with E-state index >= 15 is 0 Å². The maximum absolute atomic E-state index is 12.5. The first-order valence-corrected chi connectivity index (χ1v) is 7.90. The predicted molar refractivity (Wildman–Crippen MR) is 91.9 cm³/mol. The van der Waals surface area contributed by atoms with Gasteiger partial charge in [0.1, 0.15) is 0 Å². The van der Waals surface area contributed by atoms with Crippen LogP contribution in [0.3, 0.4) is 0 Å². The molecule has 0 bridgehead atoms. The Kier molecular flexibility index (Phi) is 4.15. The molecule has 2 aromatic carbocycles. The molecule has 0 saturated heterocycles. The number of benzene rings is 2. The molecule has 4 heteroatoms. The van der Waals surface area contributed by atoms with Gasteiger partial charge in [-0.25, -0.2) is 0 Å². The van der Waals surface area contributed by atoms with Crippen LogP contribution in [0.15, 0.2) is 42.5 Å². The molecule has 0 aromatic heterocycles. The highest BCUT2D eigenvalue weighted by Gasteiger charge is 2.23. The van der Waals surface area contributed by atoms with Gasteiger partial charge in [0.25, 0.3) is 5.91 Å². The van der Waals surface area contributed by atoms with Crippen LogP contribution in [0.5, 0.6) is 0 Å². The van der Waals surface area contributed by atoms with Crippen molar-refractivity contribution >= 4 is 23.2 Å². The van der Waals surface area contributed by atoms with Crippen molar-refractivity contribution in [2.75, 3.05) is 16.8 Å². The van der Waals surface area contributed by atoms with E-state index in [9.17, 15) is 9.59 Å². The molecule has 0 aliphatic carbocycles. The molecule has 3 rings (SSSR count). The van der Waals surface area contributed by atoms with Crippen molar-refractivity contribution in [3.8, 4) is 0 Å². The van der Waals surface area contributed by atoms with E-state index in [0.29, 0.717) is 12.1 Å². The van der Waals surface area contributed by atoms with E-state index in [2.05, 4.69) is 12.2 Å². The number of hydrogen-bond donors (Lipinski definition) is 1. The average Bonchev–Trinajstić information content (AvgIpc) is 2.98. The van der Waals surface area contributed by atoms with Crippen LogP contribution in [0.1, 0.15) is 35.3 Å². The first-order valence-electron chi connectivity index (χ1n) is 7.90. The molecule has 23 heavy (non-hydrogen) atoms. The Hall–Kier alpha value is -2.62. The largest absolute Gasteiger partial charge is 0.322 e. The van der Waals surface area contributed by atoms with E-state index in [1.54, 1.807) is 17.9 Å². The van der Waals surface area contributed by atoms with Crippen molar-refractivity contribution in [1.29, 1.82) is 0 Å². The molecular formula is C19H20N2O2. The van der Waals surface area contributed by atoms with Gasteiger partial charge >= 0.3 is 0 Å². The van der Waals surface area contributed by atoms with Crippen LogP contribution in [-0.2, 0) is 17.6 Å². The fourth-order valence-electron chi connectivity index (χ4n) is 3.02. The molecule has 0 saturated carbocycles. The van der Waals surface area contributed by atoms with Gasteiger partial charge in [0.15, 0.2) is 0 Å². The van der Waals surface area contributed by atoms with E-state index in [0.717, 1.165) is 35.3 Å². The van der Waals surface area contributed by atoms with E-state index in [1.165, 1.54) is 0 Å². The Balaban J connectivity index is 1.83. The first-order chi connectivity index (χ1) is 11.1. The summed E-state index contributed by atoms with van der Waals surface area (Å²) >= 11 is 0. The van der Waals surface area contributed by atoms with Crippen molar-refractivity contribution in [2.45, 2.75) is 26.7 Å². The maximum atomic E-state index is 12.5. The van der Waals surface area contributed by atoms with Gasteiger partial charge in [-0.1, -0.05) is 25.1 Å². The molecule has 0 radical (unpaired) electrons. The molecule has 118 valence electrons. The summed E-state index contributed by atoms with van der Waals surface area (Å²) in [5.74, 6) is -0.0761. The van der Waals surface area contributed by atoms with E-state index in [1.807, 2.05) is 36.4 Å². The fraction of sp³-hybridized carbons (Fsp3) is 0.263. The number of anilines is 2. The van der Waals surface area contributed by atoms with Crippen LogP contribution in [0.25, 0.3) is 0 Å². The molecule has 1 N–H and O–H groups in total. The number of para-hydroxylation sites is 1. The Bertz CT molecular complexity index is 768. The van der Waals surface area contributed by atoms with Crippen LogP contribution in [-0.4, -0.2) is 18.4 Å². The number of aryl methyl sites for hydroxylation is 1. The van der Waals surface area contributed by atoms with E-state index < -0.39 is 0 Å². The standard InChI is InChI=1S/C19H20N2O2/c1-3-14-6-4-5-7-17(14)20-19(23)16-8-9-18-15(12-16)10-11-21(18)13(2)22/h4-9,12H,3,10-11H2,1-2H3,(H,20,23). The average molecular weight is 308 g/mol. The van der Waals surface area contributed by atoms with Crippen molar-refractivity contribution in [3.05, 3.63) is 59.2 Å². The summed E-state index contributed by atoms with van der Waals surface area (Å²) in [6.45, 7) is 4.32. The van der Waals surface area contributed by atoms with Crippen molar-refractivity contribution in [1.82, 2.24) is 0 Å². The van der Waals surface area contributed by atoms with Crippen LogP contribution in [0.2, 0.25) is 0 Å². The molecule has 2 aromatic rings. The monoisotopic (exact) mass is 308 g/mol. The zero-order chi connectivity index (χ0) is 16.4. The molecule has 0 spiro atoms. The summed E-state index contributed by atoms with van der Waals surface area (Å²) in [5.41, 5.74) is 4.57. The smallest absolute Gasteiger partial charge is 0.255 e. The molecule has 2 amide bonds. The number of hydrogen-bond acceptors (Lipinski definition) is 2. The maximum Gasteiger partial charge on any atom is 0.255 e. The van der Waals surface area contributed by atoms with Gasteiger partial charge in [-0.3, -0.25) is 9.59 Å². The quantitative estimate of drug-likeness (QED) is 0.944. The third-order valence-electron chi connectivity index (χ3n) is 4.26. The second-order valence-electron chi connectivity index (χ2n) is 5.73. The highest BCUT2D eigenvalue weighted by molar-refractivity contribution is 6.05. The summed E-state index contributed by atoms with van der Waals surface area (Å²) in [5, 5.41) is 2.98. The second kappa shape index (κ2) is 6.24. The summed E-state index contributed by atoms with van der Waals surface area (Å²) in [6.07, 6.45) is 1.66. The number of nitrogens with one attached hydrogen (secondary N) is 1. The third kappa shape index (κ3) is 2.97. The van der Waals surface area contributed by atoms with Gasteiger partial charge in [0, 0.05) is 30.4 Å². The first kappa shape index (κ1) is 15.3. The lowest BCUT2D eigenvalue weighted by molar-refractivity contribution is -0.116. The number of fused-ring (bicyclic) bond motifs is 1. The number of amides is 2. The summed E-state index contributed by atoms with van der Waals surface area (Å²) in [4.78, 5) is 25.8. The van der Waals surface area contributed by atoms with E-state index in [-0.39, 0.29) is 11.8 Å². The van der Waals surface area contributed by atoms with Gasteiger partial charge in [-0.15, -0.1) is 0 Å². The normalized spacial score (nSPS) is 12.9. The van der Waals surface area contributed by atoms with Crippen molar-refractivity contribution in [3.63, 3.8) is 0 Å². The zero-order valence-electron chi connectivity index (χ0n) is 13.4. The van der Waals surface area contributed by atoms with Gasteiger partial charge in [-0.05, 0) is 48.2 Å². The van der Waals surface area contributed by atoms with E-state index in [4.69, 9.17) is 0 Å². The number of nitrogens with zero attached hydrogens (tertiary/aromatic N) is 1. The minimum absolute atomic E-state index is 0.0397. The zero-order valence-corrected chi connectivity index (χ0v) is 13.4. The molecule has 4 nitrogen and oxygen atoms in total. The SMILES string of the molecule is CCc1ccccc1NC(=O)c1ccc2c(c1)CCN2C(C)=O. The van der Waals surface area contributed by atoms with Crippen LogP contribution < -0.4 is 10.2 Å². The third-order valence-corrected chi connectivity index (χ3v) is 4.26. The van der Waals surface area contributed by atoms with Gasteiger partial charge < -0.3 is 10.2 Å². The molecule has 0 unspecified atom stereocenters. The van der Waals surface area contributed by atoms with Crippen molar-refractivity contribution in [2.24, 2.45) is 0 Å². The lowest BCUT2D eigenvalue weighted by Crippen LogP contribution is -2.25. The molecule has 0 fully saturated rings. The Labute approximate surface area is 136 Å². The Morgan fingerprint density at radius 2 is 1.96 bits per heavy atom. The Morgan fingerprint density at radius 3 is 2.70 bits per heavy atom. The minimum Gasteiger partial charge on any atom is -0.322 e. The molecular weight excluding hydrogens is 288 g/mol. The summed E-state index contributed by atoms with van der Waals surface area (Å²) in [7, 11) is 0. The van der Waals surface area contributed by atoms with Crippen LogP contribution in [0, 0.1) is 0 Å². The highest BCUT2D eigenvalue weighted by atomic mass is 16.2. The number of carbonyl (C=O) groups excluding carboxylic acids is 2. The van der Waals surface area contributed by atoms with Gasteiger partial charge in [-0.2, -0.15) is 0 Å². The highest BCUT2D eigenvalue weighted by Crippen LogP contribution is 2.29. The Morgan fingerprint density at radius 1 is 1.17 bits per heavy atom. The number of carbonyl (C=O) groups is 2. The minimum atomic E-state index is -0.116. The lowest BCUT2D eigenvalue weighted by atomic mass is 10.1. The summed E-state index contributed by atoms with van der Waals surface area (Å²) in [6, 6.07) is 13.4.